The zero-order chi connectivity index (χ0) is 17.2. The van der Waals surface area contributed by atoms with Crippen molar-refractivity contribution >= 4 is 35.0 Å². The molecule has 0 aliphatic carbocycles. The van der Waals surface area contributed by atoms with Gasteiger partial charge in [0.2, 0.25) is 10.9 Å². The lowest BCUT2D eigenvalue weighted by Gasteiger charge is -1.88. The number of primary amides is 1. The summed E-state index contributed by atoms with van der Waals surface area (Å²) in [5, 5.41) is 13.5. The number of hydrogen-bond donors (Lipinski definition) is 4. The number of nitrogens with one attached hydrogen (secondary N) is 2. The van der Waals surface area contributed by atoms with Crippen molar-refractivity contribution in [2.75, 3.05) is 4.72 Å². The summed E-state index contributed by atoms with van der Waals surface area (Å²) >= 11 is 0. The standard InChI is InChI=1S/C6H6N4O4.C3H4N2O3S/c7-6(11)9-8-3-4-1-2-5(14-4)10(12)13;6-9(7)5-3-4-1-2-8-3/h1-3H,(H3,7,9,11);1-2,9H,(H,4,5,6,7)/b8-3+;. The van der Waals surface area contributed by atoms with Crippen molar-refractivity contribution in [1.29, 1.82) is 0 Å². The molecule has 2 aromatic rings. The molecule has 2 rings (SSSR count). The number of anilines is 1. The second-order valence-electron chi connectivity index (χ2n) is 3.37. The number of nitro groups is 1. The highest BCUT2D eigenvalue weighted by Gasteiger charge is 2.09. The van der Waals surface area contributed by atoms with Crippen LogP contribution in [-0.2, 0) is 10.9 Å². The zero-order valence-electron chi connectivity index (χ0n) is 11.1. The van der Waals surface area contributed by atoms with Crippen molar-refractivity contribution in [2.45, 2.75) is 0 Å². The van der Waals surface area contributed by atoms with Gasteiger partial charge in [0, 0.05) is 0 Å². The van der Waals surface area contributed by atoms with Crippen molar-refractivity contribution < 1.29 is 27.0 Å². The van der Waals surface area contributed by atoms with E-state index in [9.17, 15) is 23.3 Å². The molecule has 0 bridgehead atoms. The third-order valence-corrected chi connectivity index (χ3v) is 2.15. The molecule has 0 atom stereocenters. The minimum Gasteiger partial charge on any atom is -0.432 e. The van der Waals surface area contributed by atoms with Crippen LogP contribution in [-0.4, -0.2) is 30.6 Å². The quantitative estimate of drug-likeness (QED) is 0.247. The first-order valence-corrected chi connectivity index (χ1v) is 6.69. The van der Waals surface area contributed by atoms with E-state index in [2.05, 4.69) is 18.9 Å². The van der Waals surface area contributed by atoms with Crippen LogP contribution in [0.5, 0.6) is 0 Å². The number of carbonyl (C=O) groups is 1. The molecule has 0 fully saturated rings. The highest BCUT2D eigenvalue weighted by molar-refractivity contribution is 7.73. The molecular weight excluding hydrogens is 336 g/mol. The van der Waals surface area contributed by atoms with E-state index in [4.69, 9.17) is 5.73 Å². The highest BCUT2D eigenvalue weighted by atomic mass is 32.2. The van der Waals surface area contributed by atoms with Crippen molar-refractivity contribution in [2.24, 2.45) is 10.8 Å². The van der Waals surface area contributed by atoms with E-state index in [-0.39, 0.29) is 11.8 Å². The molecule has 124 valence electrons. The molecule has 0 saturated heterocycles. The minimum atomic E-state index is -2.66. The summed E-state index contributed by atoms with van der Waals surface area (Å²) in [6.07, 6.45) is 3.72. The Morgan fingerprint density at radius 2 is 2.22 bits per heavy atom. The fraction of sp³-hybridized carbons (Fsp3) is 0. The van der Waals surface area contributed by atoms with Crippen LogP contribution in [0.2, 0.25) is 0 Å². The molecule has 0 aliphatic rings. The monoisotopic (exact) mass is 346 g/mol. The fourth-order valence-corrected chi connectivity index (χ4v) is 1.29. The summed E-state index contributed by atoms with van der Waals surface area (Å²) < 4.78 is 31.0. The zero-order valence-corrected chi connectivity index (χ0v) is 12.0. The molecule has 0 unspecified atom stereocenters. The van der Waals surface area contributed by atoms with Crippen LogP contribution in [0.25, 0.3) is 0 Å². The molecule has 0 aromatic carbocycles. The lowest BCUT2D eigenvalue weighted by atomic mass is 10.5. The average molecular weight is 346 g/mol. The first-order valence-electron chi connectivity index (χ1n) is 5.51. The van der Waals surface area contributed by atoms with Crippen molar-refractivity contribution in [3.63, 3.8) is 0 Å². The van der Waals surface area contributed by atoms with Crippen molar-refractivity contribution in [3.8, 4) is 0 Å². The van der Waals surface area contributed by atoms with Crippen LogP contribution in [0.3, 0.4) is 0 Å². The number of nitrogens with two attached hydrogens (primary N) is 1. The number of hydrazone groups is 1. The van der Waals surface area contributed by atoms with E-state index in [0.29, 0.717) is 0 Å². The van der Waals surface area contributed by atoms with Gasteiger partial charge in [0.15, 0.2) is 5.76 Å². The fourth-order valence-electron chi connectivity index (χ4n) is 1.03. The van der Waals surface area contributed by atoms with E-state index in [0.717, 1.165) is 6.21 Å². The van der Waals surface area contributed by atoms with Gasteiger partial charge in [-0.25, -0.2) is 28.3 Å². The van der Waals surface area contributed by atoms with Crippen molar-refractivity contribution in [1.82, 2.24) is 10.4 Å². The molecule has 0 saturated carbocycles. The normalized spacial score (nSPS) is 10.1. The van der Waals surface area contributed by atoms with Crippen LogP contribution in [0.15, 0.2) is 38.5 Å². The lowest BCUT2D eigenvalue weighted by molar-refractivity contribution is -0.402. The molecule has 4 N–H and O–H groups in total. The molecule has 2 aromatic heterocycles. The Balaban J connectivity index is 0.000000253. The predicted molar refractivity (Wildman–Crippen MR) is 76.1 cm³/mol. The van der Waals surface area contributed by atoms with Crippen LogP contribution in [0, 0.1) is 10.1 Å². The van der Waals surface area contributed by atoms with E-state index in [1.54, 1.807) is 0 Å². The van der Waals surface area contributed by atoms with Gasteiger partial charge in [-0.05, 0) is 6.07 Å². The third kappa shape index (κ3) is 7.23. The van der Waals surface area contributed by atoms with Crippen LogP contribution < -0.4 is 15.9 Å². The average Bonchev–Trinajstić information content (AvgIpc) is 3.09. The largest absolute Gasteiger partial charge is 0.433 e. The van der Waals surface area contributed by atoms with Gasteiger partial charge in [-0.15, -0.1) is 0 Å². The van der Waals surface area contributed by atoms with Gasteiger partial charge in [-0.1, -0.05) is 0 Å². The molecular formula is C9H10N6O7S. The SMILES string of the molecule is NC(=O)N/N=C/c1ccc([N+](=O)[O-])o1.O=[SH](=O)Nc1ncco1. The summed E-state index contributed by atoms with van der Waals surface area (Å²) in [6, 6.07) is 1.67. The van der Waals surface area contributed by atoms with Gasteiger partial charge >= 0.3 is 17.9 Å². The Bertz CT molecular complexity index is 742. The summed E-state index contributed by atoms with van der Waals surface area (Å²) in [5.74, 6) is -0.254. The number of rotatable bonds is 5. The van der Waals surface area contributed by atoms with E-state index in [1.807, 2.05) is 10.1 Å². The number of amides is 2. The Morgan fingerprint density at radius 3 is 2.70 bits per heavy atom. The molecule has 0 radical (unpaired) electrons. The first-order chi connectivity index (χ1) is 10.9. The lowest BCUT2D eigenvalue weighted by Crippen LogP contribution is -2.24. The van der Waals surface area contributed by atoms with Gasteiger partial charge in [0.25, 0.3) is 0 Å². The summed E-state index contributed by atoms with van der Waals surface area (Å²) in [6.45, 7) is 0. The number of carbonyl (C=O) groups excluding carboxylic acids is 1. The highest BCUT2D eigenvalue weighted by Crippen LogP contribution is 2.13. The number of furan rings is 1. The Hall–Kier alpha value is -3.42. The predicted octanol–water partition coefficient (Wildman–Crippen LogP) is -0.197. The molecule has 0 spiro atoms. The smallest absolute Gasteiger partial charge is 0.432 e. The van der Waals surface area contributed by atoms with E-state index in [1.165, 1.54) is 24.6 Å². The van der Waals surface area contributed by atoms with Crippen LogP contribution >= 0.6 is 0 Å². The molecule has 2 amide bonds. The van der Waals surface area contributed by atoms with Gasteiger partial charge in [0.1, 0.15) is 11.2 Å². The maximum absolute atomic E-state index is 10.2. The van der Waals surface area contributed by atoms with Crippen LogP contribution in [0.4, 0.5) is 16.7 Å². The topological polar surface area (TPSA) is 196 Å². The number of aromatic nitrogens is 1. The van der Waals surface area contributed by atoms with Gasteiger partial charge < -0.3 is 14.6 Å². The third-order valence-electron chi connectivity index (χ3n) is 1.78. The number of urea groups is 1. The van der Waals surface area contributed by atoms with Crippen molar-refractivity contribution in [3.05, 3.63) is 40.5 Å². The molecule has 14 heteroatoms. The second kappa shape index (κ2) is 8.78. The minimum absolute atomic E-state index is 0.00823. The summed E-state index contributed by atoms with van der Waals surface area (Å²) in [7, 11) is -2.66. The first kappa shape index (κ1) is 17.6. The van der Waals surface area contributed by atoms with Gasteiger partial charge in [-0.2, -0.15) is 5.10 Å². The number of thiol groups is 1. The maximum Gasteiger partial charge on any atom is 0.433 e. The molecule has 23 heavy (non-hydrogen) atoms. The number of nitrogens with zero attached hydrogens (tertiary/aromatic N) is 3. The number of oxazole rings is 1. The molecule has 2 heterocycles. The van der Waals surface area contributed by atoms with E-state index >= 15 is 0 Å². The summed E-state index contributed by atoms with van der Waals surface area (Å²) in [4.78, 5) is 23.1. The Labute approximate surface area is 129 Å². The Morgan fingerprint density at radius 1 is 1.48 bits per heavy atom. The second-order valence-corrected chi connectivity index (χ2v) is 4.11. The maximum atomic E-state index is 10.2. The molecule has 0 aliphatic heterocycles. The number of hydrogen-bond acceptors (Lipinski definition) is 9. The van der Waals surface area contributed by atoms with Crippen LogP contribution in [0.1, 0.15) is 5.76 Å². The summed E-state index contributed by atoms with van der Waals surface area (Å²) in [5.41, 5.74) is 6.62. The van der Waals surface area contributed by atoms with Gasteiger partial charge in [-0.3, -0.25) is 10.1 Å². The van der Waals surface area contributed by atoms with E-state index < -0.39 is 27.7 Å². The van der Waals surface area contributed by atoms with Gasteiger partial charge in [0.05, 0.1) is 18.5 Å². The Kier molecular flexibility index (Phi) is 6.73. The molecule has 13 nitrogen and oxygen atoms in total.